The van der Waals surface area contributed by atoms with Crippen molar-refractivity contribution in [2.45, 2.75) is 26.8 Å². The monoisotopic (exact) mass is 385 g/mol. The lowest BCUT2D eigenvalue weighted by atomic mass is 10.1. The summed E-state index contributed by atoms with van der Waals surface area (Å²) in [6.07, 6.45) is 0.992. The first-order chi connectivity index (χ1) is 13.5. The van der Waals surface area contributed by atoms with Crippen molar-refractivity contribution in [1.82, 2.24) is 14.5 Å². The molecule has 0 saturated carbocycles. The van der Waals surface area contributed by atoms with Crippen LogP contribution in [0.25, 0.3) is 11.2 Å². The fourth-order valence-corrected chi connectivity index (χ4v) is 2.99. The van der Waals surface area contributed by atoms with E-state index in [9.17, 15) is 0 Å². The van der Waals surface area contributed by atoms with Gasteiger partial charge in [-0.1, -0.05) is 13.8 Å². The summed E-state index contributed by atoms with van der Waals surface area (Å²) in [6, 6.07) is 7.32. The van der Waals surface area contributed by atoms with E-state index in [1.807, 2.05) is 18.2 Å². The molecule has 0 aliphatic heterocycles. The zero-order chi connectivity index (χ0) is 20.3. The Hall–Kier alpha value is -3.16. The molecule has 0 atom stereocenters. The first kappa shape index (κ1) is 19.6. The molecule has 3 aromatic rings. The third kappa shape index (κ3) is 3.90. The number of hydrogen-bond donors (Lipinski definition) is 2. The Morgan fingerprint density at radius 2 is 1.71 bits per heavy atom. The fourth-order valence-electron chi connectivity index (χ4n) is 2.99. The molecule has 0 fully saturated rings. The number of hydrogen-bond acceptors (Lipinski definition) is 7. The summed E-state index contributed by atoms with van der Waals surface area (Å²) in [6.45, 7) is 5.15. The van der Waals surface area contributed by atoms with E-state index in [-0.39, 0.29) is 0 Å². The number of nitrogens with zero attached hydrogens (tertiary/aromatic N) is 3. The van der Waals surface area contributed by atoms with Gasteiger partial charge in [0.05, 0.1) is 21.3 Å². The normalized spacial score (nSPS) is 11.1. The number of fused-ring (bicyclic) bond motifs is 1. The Kier molecular flexibility index (Phi) is 5.77. The number of pyridine rings is 1. The van der Waals surface area contributed by atoms with Crippen LogP contribution in [-0.4, -0.2) is 35.9 Å². The Morgan fingerprint density at radius 1 is 1.04 bits per heavy atom. The third-order valence-corrected chi connectivity index (χ3v) is 4.46. The van der Waals surface area contributed by atoms with E-state index in [1.54, 1.807) is 27.4 Å². The molecule has 2 heterocycles. The second-order valence-corrected chi connectivity index (χ2v) is 6.89. The SMILES string of the molecule is COc1cc(Nc2nc3ccc(N)nc3n2CCC(C)C)cc(OC)c1OC. The number of benzene rings is 1. The summed E-state index contributed by atoms with van der Waals surface area (Å²) in [5.41, 5.74) is 8.21. The minimum Gasteiger partial charge on any atom is -0.493 e. The number of imidazole rings is 1. The van der Waals surface area contributed by atoms with Gasteiger partial charge in [-0.3, -0.25) is 4.57 Å². The van der Waals surface area contributed by atoms with Crippen LogP contribution in [0, 0.1) is 5.92 Å². The summed E-state index contributed by atoms with van der Waals surface area (Å²) >= 11 is 0. The maximum Gasteiger partial charge on any atom is 0.209 e. The predicted molar refractivity (Wildman–Crippen MR) is 111 cm³/mol. The van der Waals surface area contributed by atoms with Crippen molar-refractivity contribution < 1.29 is 14.2 Å². The number of anilines is 3. The quantitative estimate of drug-likeness (QED) is 0.608. The van der Waals surface area contributed by atoms with Gasteiger partial charge < -0.3 is 25.3 Å². The zero-order valence-corrected chi connectivity index (χ0v) is 16.9. The average Bonchev–Trinajstić information content (AvgIpc) is 3.01. The number of nitrogens with one attached hydrogen (secondary N) is 1. The van der Waals surface area contributed by atoms with Gasteiger partial charge in [0, 0.05) is 24.4 Å². The lowest BCUT2D eigenvalue weighted by Crippen LogP contribution is -2.07. The molecule has 0 radical (unpaired) electrons. The molecule has 0 aliphatic carbocycles. The van der Waals surface area contributed by atoms with E-state index in [0.717, 1.165) is 29.8 Å². The molecule has 0 bridgehead atoms. The number of nitrogen functional groups attached to an aromatic ring is 1. The third-order valence-electron chi connectivity index (χ3n) is 4.46. The Balaban J connectivity index is 2.05. The minimum absolute atomic E-state index is 0.470. The van der Waals surface area contributed by atoms with Crippen molar-refractivity contribution in [2.24, 2.45) is 5.92 Å². The molecular formula is C20H27N5O3. The van der Waals surface area contributed by atoms with Crippen molar-refractivity contribution in [3.05, 3.63) is 24.3 Å². The second-order valence-electron chi connectivity index (χ2n) is 6.89. The van der Waals surface area contributed by atoms with Crippen LogP contribution < -0.4 is 25.3 Å². The second kappa shape index (κ2) is 8.24. The Bertz CT molecular complexity index is 943. The fraction of sp³-hybridized carbons (Fsp3) is 0.400. The lowest BCUT2D eigenvalue weighted by molar-refractivity contribution is 0.324. The maximum absolute atomic E-state index is 5.90. The van der Waals surface area contributed by atoms with Crippen LogP contribution in [0.3, 0.4) is 0 Å². The summed E-state index contributed by atoms with van der Waals surface area (Å²) in [4.78, 5) is 9.18. The predicted octanol–water partition coefficient (Wildman–Crippen LogP) is 3.83. The highest BCUT2D eigenvalue weighted by molar-refractivity contribution is 5.78. The summed E-state index contributed by atoms with van der Waals surface area (Å²) in [7, 11) is 4.76. The number of ether oxygens (including phenoxy) is 3. The maximum atomic E-state index is 5.90. The molecule has 8 nitrogen and oxygen atoms in total. The zero-order valence-electron chi connectivity index (χ0n) is 16.9. The molecule has 8 heteroatoms. The number of aryl methyl sites for hydroxylation is 1. The first-order valence-electron chi connectivity index (χ1n) is 9.16. The molecule has 0 unspecified atom stereocenters. The van der Waals surface area contributed by atoms with Crippen LogP contribution in [0.2, 0.25) is 0 Å². The molecule has 0 saturated heterocycles. The van der Waals surface area contributed by atoms with Crippen molar-refractivity contribution in [3.63, 3.8) is 0 Å². The summed E-state index contributed by atoms with van der Waals surface area (Å²) in [5, 5.41) is 3.36. The van der Waals surface area contributed by atoms with Crippen molar-refractivity contribution in [1.29, 1.82) is 0 Å². The van der Waals surface area contributed by atoms with Gasteiger partial charge in [0.25, 0.3) is 0 Å². The Morgan fingerprint density at radius 3 is 2.29 bits per heavy atom. The van der Waals surface area contributed by atoms with Gasteiger partial charge in [0.2, 0.25) is 11.7 Å². The van der Waals surface area contributed by atoms with Gasteiger partial charge in [0.15, 0.2) is 17.1 Å². The smallest absolute Gasteiger partial charge is 0.209 e. The highest BCUT2D eigenvalue weighted by Gasteiger charge is 2.17. The van der Waals surface area contributed by atoms with E-state index in [0.29, 0.717) is 34.9 Å². The highest BCUT2D eigenvalue weighted by Crippen LogP contribution is 2.40. The van der Waals surface area contributed by atoms with Crippen LogP contribution in [0.5, 0.6) is 17.2 Å². The van der Waals surface area contributed by atoms with Crippen molar-refractivity contribution in [2.75, 3.05) is 32.4 Å². The van der Waals surface area contributed by atoms with Gasteiger partial charge in [-0.05, 0) is 24.5 Å². The van der Waals surface area contributed by atoms with Gasteiger partial charge in [0.1, 0.15) is 11.3 Å². The molecule has 2 aromatic heterocycles. The molecule has 3 rings (SSSR count). The minimum atomic E-state index is 0.470. The van der Waals surface area contributed by atoms with Crippen LogP contribution in [0.15, 0.2) is 24.3 Å². The number of aromatic nitrogens is 3. The topological polar surface area (TPSA) is 96.5 Å². The van der Waals surface area contributed by atoms with Crippen molar-refractivity contribution >= 4 is 28.6 Å². The van der Waals surface area contributed by atoms with Crippen LogP contribution in [0.1, 0.15) is 20.3 Å². The summed E-state index contributed by atoms with van der Waals surface area (Å²) < 4.78 is 18.3. The van der Waals surface area contributed by atoms with Gasteiger partial charge in [-0.15, -0.1) is 0 Å². The lowest BCUT2D eigenvalue weighted by Gasteiger charge is -2.16. The largest absolute Gasteiger partial charge is 0.493 e. The molecular weight excluding hydrogens is 358 g/mol. The summed E-state index contributed by atoms with van der Waals surface area (Å²) in [5.74, 6) is 3.37. The molecule has 3 N–H and O–H groups in total. The average molecular weight is 385 g/mol. The molecule has 0 spiro atoms. The number of nitrogens with two attached hydrogens (primary N) is 1. The van der Waals surface area contributed by atoms with E-state index in [4.69, 9.17) is 24.9 Å². The van der Waals surface area contributed by atoms with Crippen LogP contribution >= 0.6 is 0 Å². The number of rotatable bonds is 8. The molecule has 0 amide bonds. The molecule has 150 valence electrons. The highest BCUT2D eigenvalue weighted by atomic mass is 16.5. The molecule has 1 aromatic carbocycles. The van der Waals surface area contributed by atoms with Crippen LogP contribution in [-0.2, 0) is 6.54 Å². The first-order valence-corrected chi connectivity index (χ1v) is 9.16. The van der Waals surface area contributed by atoms with E-state index < -0.39 is 0 Å². The van der Waals surface area contributed by atoms with Gasteiger partial charge >= 0.3 is 0 Å². The van der Waals surface area contributed by atoms with E-state index in [2.05, 4.69) is 28.7 Å². The molecule has 28 heavy (non-hydrogen) atoms. The Labute approximate surface area is 164 Å². The standard InChI is InChI=1S/C20H27N5O3/c1-12(2)8-9-25-19-14(6-7-17(21)24-19)23-20(25)22-13-10-15(26-3)18(28-5)16(11-13)27-4/h6-7,10-12H,8-9H2,1-5H3,(H2,21,24)(H,22,23). The number of methoxy groups -OCH3 is 3. The van der Waals surface area contributed by atoms with Gasteiger partial charge in [-0.25, -0.2) is 9.97 Å². The van der Waals surface area contributed by atoms with E-state index >= 15 is 0 Å². The van der Waals surface area contributed by atoms with Crippen LogP contribution in [0.4, 0.5) is 17.5 Å². The van der Waals surface area contributed by atoms with Gasteiger partial charge in [-0.2, -0.15) is 0 Å². The van der Waals surface area contributed by atoms with Crippen molar-refractivity contribution in [3.8, 4) is 17.2 Å². The molecule has 0 aliphatic rings. The van der Waals surface area contributed by atoms with E-state index in [1.165, 1.54) is 0 Å².